The van der Waals surface area contributed by atoms with Gasteiger partial charge in [-0.05, 0) is 63.0 Å². The normalized spacial score (nSPS) is 13.7. The summed E-state index contributed by atoms with van der Waals surface area (Å²) in [5.74, 6) is -0.713. The average Bonchev–Trinajstić information content (AvgIpc) is 3.11. The molecule has 46 heavy (non-hydrogen) atoms. The molecule has 3 heteroatoms. The van der Waals surface area contributed by atoms with Crippen LogP contribution in [0.3, 0.4) is 0 Å². The van der Waals surface area contributed by atoms with E-state index in [0.29, 0.717) is 16.8 Å². The molecule has 0 aliphatic carbocycles. The van der Waals surface area contributed by atoms with Crippen LogP contribution >= 0.6 is 0 Å². The van der Waals surface area contributed by atoms with Crippen LogP contribution in [0.4, 0.5) is 0 Å². The van der Waals surface area contributed by atoms with E-state index in [0.717, 1.165) is 39.1 Å². The molecule has 0 saturated heterocycles. The van der Waals surface area contributed by atoms with E-state index in [1.807, 2.05) is 144 Å². The van der Waals surface area contributed by atoms with Gasteiger partial charge in [0.15, 0.2) is 0 Å². The summed E-state index contributed by atoms with van der Waals surface area (Å²) in [6.07, 6.45) is 2.11. The van der Waals surface area contributed by atoms with Gasteiger partial charge in [-0.1, -0.05) is 120 Å². The molecule has 6 aromatic rings. The average molecular weight is 785 g/mol. The maximum atomic E-state index is 8.39. The summed E-state index contributed by atoms with van der Waals surface area (Å²) >= 11 is 0. The molecule has 1 radical (unpaired) electrons. The predicted octanol–water partition coefficient (Wildman–Crippen LogP) is 11.4. The van der Waals surface area contributed by atoms with Gasteiger partial charge in [0.2, 0.25) is 0 Å². The minimum absolute atomic E-state index is 0. The van der Waals surface area contributed by atoms with Gasteiger partial charge in [0.05, 0.1) is 0 Å². The van der Waals surface area contributed by atoms with Gasteiger partial charge in [-0.2, -0.15) is 0 Å². The van der Waals surface area contributed by atoms with E-state index in [9.17, 15) is 0 Å². The molecule has 0 amide bonds. The van der Waals surface area contributed by atoms with E-state index < -0.39 is 24.5 Å². The van der Waals surface area contributed by atoms with Crippen LogP contribution in [0.1, 0.15) is 65.4 Å². The van der Waals surface area contributed by atoms with Gasteiger partial charge < -0.3 is 9.97 Å². The SMILES string of the molecule is [2H]C([2H])([2H])c1c[c-]c(-c2ccc(C([2H])(C)C)cn2)cc1-c1ccccc1.[2H]C([2H])(c1ccc(-c2ccnc(-c3[c-]cccc3)c2)cc1)C(C)(C)C.[Ir]. The Morgan fingerprint density at radius 2 is 1.52 bits per heavy atom. The van der Waals surface area contributed by atoms with E-state index in [4.69, 9.17) is 8.22 Å². The van der Waals surface area contributed by atoms with Crippen molar-refractivity contribution in [2.24, 2.45) is 5.41 Å². The number of pyridine rings is 2. The molecule has 6 rings (SSSR count). The Labute approximate surface area is 297 Å². The number of nitrogens with zero attached hydrogens (tertiary/aromatic N) is 2. The quantitative estimate of drug-likeness (QED) is 0.157. The molecule has 0 fully saturated rings. The van der Waals surface area contributed by atoms with Crippen LogP contribution in [0.2, 0.25) is 0 Å². The smallest absolute Gasteiger partial charge is 0.0347 e. The van der Waals surface area contributed by atoms with Gasteiger partial charge in [-0.25, -0.2) is 0 Å². The second kappa shape index (κ2) is 15.9. The molecular formula is C43H42IrN2-2. The van der Waals surface area contributed by atoms with Crippen LogP contribution in [-0.4, -0.2) is 9.97 Å². The Hall–Kier alpha value is -4.17. The van der Waals surface area contributed by atoms with E-state index in [1.54, 1.807) is 12.4 Å². The molecule has 2 nitrogen and oxygen atoms in total. The zero-order valence-electron chi connectivity index (χ0n) is 32.9. The van der Waals surface area contributed by atoms with Crippen LogP contribution in [-0.2, 0) is 26.5 Å². The van der Waals surface area contributed by atoms with Gasteiger partial charge in [-0.3, -0.25) is 0 Å². The summed E-state index contributed by atoms with van der Waals surface area (Å²) in [6, 6.07) is 42.3. The summed E-state index contributed by atoms with van der Waals surface area (Å²) < 4.78 is 48.3. The van der Waals surface area contributed by atoms with Gasteiger partial charge in [-0.15, -0.1) is 65.2 Å². The fourth-order valence-electron chi connectivity index (χ4n) is 4.83. The summed E-state index contributed by atoms with van der Waals surface area (Å²) in [6.45, 7) is 7.18. The summed E-state index contributed by atoms with van der Waals surface area (Å²) in [5.41, 5.74) is 8.23. The number of benzene rings is 4. The van der Waals surface area contributed by atoms with Gasteiger partial charge in [0, 0.05) is 40.7 Å². The maximum Gasteiger partial charge on any atom is 0.0347 e. The number of hydrogen-bond donors (Lipinski definition) is 0. The van der Waals surface area contributed by atoms with Crippen LogP contribution in [0, 0.1) is 24.4 Å². The molecule has 0 aliphatic rings. The van der Waals surface area contributed by atoms with Gasteiger partial charge in [0.1, 0.15) is 0 Å². The summed E-state index contributed by atoms with van der Waals surface area (Å²) in [4.78, 5) is 8.88. The van der Waals surface area contributed by atoms with Crippen molar-refractivity contribution in [3.05, 3.63) is 156 Å². The fraction of sp³-hybridized carbons (Fsp3) is 0.209. The van der Waals surface area contributed by atoms with Gasteiger partial charge in [0.25, 0.3) is 0 Å². The Kier molecular flexibility index (Phi) is 9.33. The van der Waals surface area contributed by atoms with Crippen molar-refractivity contribution in [3.63, 3.8) is 0 Å². The first kappa shape index (κ1) is 27.0. The van der Waals surface area contributed by atoms with Crippen LogP contribution in [0.15, 0.2) is 128 Å². The van der Waals surface area contributed by atoms with Crippen LogP contribution in [0.5, 0.6) is 0 Å². The molecule has 4 aromatic carbocycles. The van der Waals surface area contributed by atoms with Crippen molar-refractivity contribution in [3.8, 4) is 44.8 Å². The first-order chi connectivity index (χ1) is 23.9. The number of hydrogen-bond acceptors (Lipinski definition) is 2. The molecule has 2 aromatic heterocycles. The molecule has 0 N–H and O–H groups in total. The topological polar surface area (TPSA) is 25.8 Å². The molecule has 2 heterocycles. The largest absolute Gasteiger partial charge is 0.305 e. The third kappa shape index (κ3) is 9.42. The molecular weight excluding hydrogens is 737 g/mol. The Morgan fingerprint density at radius 1 is 0.761 bits per heavy atom. The molecule has 0 spiro atoms. The predicted molar refractivity (Wildman–Crippen MR) is 190 cm³/mol. The van der Waals surface area contributed by atoms with E-state index in [-0.39, 0.29) is 25.7 Å². The second-order valence-corrected chi connectivity index (χ2v) is 12.1. The van der Waals surface area contributed by atoms with E-state index in [2.05, 4.69) is 22.1 Å². The summed E-state index contributed by atoms with van der Waals surface area (Å²) in [5, 5.41) is 0. The first-order valence-electron chi connectivity index (χ1n) is 18.1. The van der Waals surface area contributed by atoms with Crippen LogP contribution in [0.25, 0.3) is 44.8 Å². The van der Waals surface area contributed by atoms with Gasteiger partial charge >= 0.3 is 0 Å². The zero-order chi connectivity index (χ0) is 37.0. The van der Waals surface area contributed by atoms with Crippen molar-refractivity contribution >= 4 is 0 Å². The van der Waals surface area contributed by atoms with Crippen molar-refractivity contribution in [2.45, 2.75) is 53.7 Å². The Morgan fingerprint density at radius 3 is 2.15 bits per heavy atom. The van der Waals surface area contributed by atoms with Crippen molar-refractivity contribution < 1.29 is 28.3 Å². The third-order valence-corrected chi connectivity index (χ3v) is 7.13. The van der Waals surface area contributed by atoms with E-state index in [1.165, 1.54) is 6.07 Å². The molecule has 0 saturated carbocycles. The van der Waals surface area contributed by atoms with Crippen molar-refractivity contribution in [1.29, 1.82) is 0 Å². The number of aryl methyl sites for hydroxylation is 1. The molecule has 235 valence electrons. The first-order valence-corrected chi connectivity index (χ1v) is 15.1. The third-order valence-electron chi connectivity index (χ3n) is 7.13. The minimum atomic E-state index is -2.22. The van der Waals surface area contributed by atoms with Crippen molar-refractivity contribution in [1.82, 2.24) is 9.97 Å². The van der Waals surface area contributed by atoms with E-state index >= 15 is 0 Å². The maximum absolute atomic E-state index is 8.39. The number of rotatable bonds is 6. The monoisotopic (exact) mass is 785 g/mol. The molecule has 0 aliphatic heterocycles. The summed E-state index contributed by atoms with van der Waals surface area (Å²) in [7, 11) is 0. The standard InChI is InChI=1S/C22H22N.C21H20N.Ir/c1-22(2,3)16-17-9-11-18(12-10-17)20-13-14-23-21(15-20)19-7-5-4-6-8-19;1-15(2)19-11-12-21(22-14-19)18-10-9-16(3)20(13-18)17-7-5-4-6-8-17;/h4-7,9-15H,16H2,1-3H3;4-9,11-15H,1-3H3;/q2*-1;/i16D2;3D3,15D;. The fourth-order valence-corrected chi connectivity index (χ4v) is 4.83. The minimum Gasteiger partial charge on any atom is -0.305 e. The molecule has 0 atom stereocenters. The Bertz CT molecular complexity index is 2050. The zero-order valence-corrected chi connectivity index (χ0v) is 29.2. The van der Waals surface area contributed by atoms with Crippen molar-refractivity contribution in [2.75, 3.05) is 0 Å². The second-order valence-electron chi connectivity index (χ2n) is 12.1. The molecule has 0 bridgehead atoms. The Balaban J connectivity index is 0.000000228. The number of aromatic nitrogens is 2. The molecule has 0 unspecified atom stereocenters. The van der Waals surface area contributed by atoms with Crippen LogP contribution < -0.4 is 0 Å².